The van der Waals surface area contributed by atoms with Gasteiger partial charge in [-0.1, -0.05) is 6.07 Å². The number of pyridine rings is 1. The molecule has 1 aromatic carbocycles. The summed E-state index contributed by atoms with van der Waals surface area (Å²) in [5.41, 5.74) is -0.491. The Labute approximate surface area is 104 Å². The van der Waals surface area contributed by atoms with Crippen LogP contribution in [0.5, 0.6) is 0 Å². The molecule has 1 nitrogen and oxygen atoms in total. The lowest BCUT2D eigenvalue weighted by Crippen LogP contribution is -2.12. The van der Waals surface area contributed by atoms with Crippen molar-refractivity contribution in [1.82, 2.24) is 4.98 Å². The van der Waals surface area contributed by atoms with Crippen LogP contribution in [0.4, 0.5) is 17.6 Å². The molecule has 0 saturated carbocycles. The van der Waals surface area contributed by atoms with Crippen LogP contribution in [0.1, 0.15) is 8.30 Å². The van der Waals surface area contributed by atoms with Gasteiger partial charge in [0.05, 0.1) is 12.1 Å². The van der Waals surface area contributed by atoms with Crippen LogP contribution in [-0.2, 0) is 6.37 Å². The third-order valence-corrected chi connectivity index (χ3v) is 2.20. The number of rotatable bonds is 2. The van der Waals surface area contributed by atoms with Gasteiger partial charge in [0.25, 0.3) is 0 Å². The quantitative estimate of drug-likeness (QED) is 0.741. The average Bonchev–Trinajstić information content (AvgIpc) is 2.38. The molecule has 18 heavy (non-hydrogen) atoms. The van der Waals surface area contributed by atoms with Crippen LogP contribution in [0.15, 0.2) is 42.6 Å². The first-order chi connectivity index (χ1) is 9.23. The van der Waals surface area contributed by atoms with E-state index in [2.05, 4.69) is 4.98 Å². The zero-order valence-corrected chi connectivity index (χ0v) is 9.00. The number of hydrogen-bond acceptors (Lipinski definition) is 1. The van der Waals surface area contributed by atoms with E-state index in [-0.39, 0.29) is 5.56 Å². The van der Waals surface area contributed by atoms with Crippen molar-refractivity contribution in [1.29, 1.82) is 0 Å². The van der Waals surface area contributed by atoms with Crippen molar-refractivity contribution in [3.8, 4) is 11.3 Å². The first kappa shape index (κ1) is 10.1. The fraction of sp³-hybridized carbons (Fsp3) is 0.154. The first-order valence-corrected chi connectivity index (χ1v) is 5.01. The maximum Gasteiger partial charge on any atom is 0.393 e. The summed E-state index contributed by atoms with van der Waals surface area (Å²) in [6, 6.07) is 7.70. The molecule has 0 aliphatic rings. The van der Waals surface area contributed by atoms with Gasteiger partial charge in [-0.2, -0.15) is 13.2 Å². The predicted molar refractivity (Wildman–Crippen MR) is 59.4 cm³/mol. The molecule has 0 spiro atoms. The largest absolute Gasteiger partial charge is 0.393 e. The average molecular weight is 257 g/mol. The molecular weight excluding hydrogens is 246 g/mol. The predicted octanol–water partition coefficient (Wildman–Crippen LogP) is 3.99. The van der Waals surface area contributed by atoms with Crippen molar-refractivity contribution in [3.63, 3.8) is 0 Å². The fourth-order valence-corrected chi connectivity index (χ4v) is 1.47. The van der Waals surface area contributed by atoms with Gasteiger partial charge in [0.1, 0.15) is 5.82 Å². The van der Waals surface area contributed by atoms with Gasteiger partial charge in [-0.25, -0.2) is 4.39 Å². The van der Waals surface area contributed by atoms with E-state index in [1.807, 2.05) is 0 Å². The van der Waals surface area contributed by atoms with E-state index in [4.69, 9.17) is 2.74 Å². The monoisotopic (exact) mass is 257 g/mol. The summed E-state index contributed by atoms with van der Waals surface area (Å²) in [4.78, 5) is 3.94. The number of halogens is 4. The lowest BCUT2D eigenvalue weighted by molar-refractivity contribution is -0.127. The highest BCUT2D eigenvalue weighted by Crippen LogP contribution is 2.26. The zero-order chi connectivity index (χ0) is 15.0. The van der Waals surface area contributed by atoms with Crippen molar-refractivity contribution in [3.05, 3.63) is 54.0 Å². The Balaban J connectivity index is 2.56. The standard InChI is InChI=1S/C13H9F4N/c14-11-5-4-9(12-3-1-2-6-18-12)7-10(11)8-13(15,16)17/h1-7H,8H2/i8D2. The summed E-state index contributed by atoms with van der Waals surface area (Å²) in [6.45, 7) is 0. The molecule has 2 aromatic rings. The van der Waals surface area contributed by atoms with E-state index in [1.165, 1.54) is 12.3 Å². The maximum absolute atomic E-state index is 13.6. The summed E-state index contributed by atoms with van der Waals surface area (Å²) in [5.74, 6) is -1.24. The highest BCUT2D eigenvalue weighted by atomic mass is 19.4. The molecule has 0 aliphatic heterocycles. The summed E-state index contributed by atoms with van der Waals surface area (Å²) in [5, 5.41) is 0. The van der Waals surface area contributed by atoms with Gasteiger partial charge in [-0.15, -0.1) is 0 Å². The Hall–Kier alpha value is -1.91. The smallest absolute Gasteiger partial charge is 0.256 e. The Kier molecular flexibility index (Phi) is 2.66. The van der Waals surface area contributed by atoms with E-state index >= 15 is 0 Å². The molecule has 0 aliphatic carbocycles. The lowest BCUT2D eigenvalue weighted by Gasteiger charge is -2.09. The molecule has 0 amide bonds. The first-order valence-electron chi connectivity index (χ1n) is 6.01. The minimum absolute atomic E-state index is 0.218. The highest BCUT2D eigenvalue weighted by molar-refractivity contribution is 5.59. The van der Waals surface area contributed by atoms with Crippen LogP contribution in [0, 0.1) is 5.82 Å². The third-order valence-electron chi connectivity index (χ3n) is 2.20. The normalized spacial score (nSPS) is 14.0. The third kappa shape index (κ3) is 3.06. The molecule has 0 saturated heterocycles. The summed E-state index contributed by atoms with van der Waals surface area (Å²) in [6.07, 6.45) is -7.52. The lowest BCUT2D eigenvalue weighted by atomic mass is 10.0. The highest BCUT2D eigenvalue weighted by Gasteiger charge is 2.29. The van der Waals surface area contributed by atoms with Crippen molar-refractivity contribution in [2.45, 2.75) is 12.5 Å². The van der Waals surface area contributed by atoms with E-state index < -0.39 is 23.9 Å². The van der Waals surface area contributed by atoms with Crippen LogP contribution in [0.25, 0.3) is 11.3 Å². The summed E-state index contributed by atoms with van der Waals surface area (Å²) >= 11 is 0. The molecule has 0 radical (unpaired) electrons. The molecular formula is C13H9F4N. The minimum Gasteiger partial charge on any atom is -0.256 e. The van der Waals surface area contributed by atoms with E-state index in [0.29, 0.717) is 5.69 Å². The van der Waals surface area contributed by atoms with Gasteiger partial charge < -0.3 is 0 Å². The molecule has 1 heterocycles. The van der Waals surface area contributed by atoms with Gasteiger partial charge in [0.15, 0.2) is 0 Å². The second-order valence-corrected chi connectivity index (χ2v) is 3.53. The number of alkyl halides is 3. The molecule has 0 N–H and O–H groups in total. The summed E-state index contributed by atoms with van der Waals surface area (Å²) in [7, 11) is 0. The van der Waals surface area contributed by atoms with Crippen LogP contribution >= 0.6 is 0 Å². The van der Waals surface area contributed by atoms with Gasteiger partial charge in [0.2, 0.25) is 0 Å². The Morgan fingerprint density at radius 3 is 2.56 bits per heavy atom. The van der Waals surface area contributed by atoms with Crippen LogP contribution in [0.3, 0.4) is 0 Å². The Bertz CT molecular complexity index is 612. The molecule has 0 bridgehead atoms. The van der Waals surface area contributed by atoms with Crippen molar-refractivity contribution in [2.24, 2.45) is 0 Å². The van der Waals surface area contributed by atoms with Gasteiger partial charge in [0, 0.05) is 14.5 Å². The summed E-state index contributed by atoms with van der Waals surface area (Å²) < 4.78 is 65.8. The molecule has 2 rings (SSSR count). The van der Waals surface area contributed by atoms with Crippen LogP contribution in [0.2, 0.25) is 0 Å². The molecule has 0 fully saturated rings. The zero-order valence-electron chi connectivity index (χ0n) is 11.0. The van der Waals surface area contributed by atoms with Crippen molar-refractivity contribution in [2.75, 3.05) is 0 Å². The number of hydrogen-bond donors (Lipinski definition) is 0. The number of aromatic nitrogens is 1. The van der Waals surface area contributed by atoms with E-state index in [9.17, 15) is 17.6 Å². The van der Waals surface area contributed by atoms with Crippen molar-refractivity contribution >= 4 is 0 Å². The fourth-order valence-electron chi connectivity index (χ4n) is 1.47. The Morgan fingerprint density at radius 2 is 1.94 bits per heavy atom. The van der Waals surface area contributed by atoms with Gasteiger partial charge >= 0.3 is 6.18 Å². The SMILES string of the molecule is [2H]C([2H])(c1cc(-c2ccccn2)ccc1F)C(F)(F)F. The van der Waals surface area contributed by atoms with Gasteiger partial charge in [-0.3, -0.25) is 4.98 Å². The van der Waals surface area contributed by atoms with Gasteiger partial charge in [-0.05, 0) is 35.9 Å². The second kappa shape index (κ2) is 4.76. The van der Waals surface area contributed by atoms with E-state index in [0.717, 1.165) is 12.1 Å². The topological polar surface area (TPSA) is 12.9 Å². The van der Waals surface area contributed by atoms with Crippen molar-refractivity contribution < 1.29 is 20.3 Å². The van der Waals surface area contributed by atoms with E-state index in [1.54, 1.807) is 18.2 Å². The molecule has 0 atom stereocenters. The molecule has 5 heteroatoms. The Morgan fingerprint density at radius 1 is 1.17 bits per heavy atom. The number of nitrogens with zero attached hydrogens (tertiary/aromatic N) is 1. The van der Waals surface area contributed by atoms with Crippen LogP contribution < -0.4 is 0 Å². The second-order valence-electron chi connectivity index (χ2n) is 3.53. The minimum atomic E-state index is -5.20. The molecule has 1 aromatic heterocycles. The van der Waals surface area contributed by atoms with Crippen LogP contribution in [-0.4, -0.2) is 11.2 Å². The molecule has 94 valence electrons. The molecule has 0 unspecified atom stereocenters. The maximum atomic E-state index is 13.6. The number of benzene rings is 1.